The lowest BCUT2D eigenvalue weighted by Gasteiger charge is -2.23. The van der Waals surface area contributed by atoms with Gasteiger partial charge in [0.05, 0.1) is 24.7 Å². The van der Waals surface area contributed by atoms with Crippen LogP contribution in [-0.2, 0) is 6.42 Å². The predicted molar refractivity (Wildman–Crippen MR) is 90.4 cm³/mol. The van der Waals surface area contributed by atoms with Crippen LogP contribution in [0.4, 0.5) is 0 Å². The largest absolute Gasteiger partial charge is 0.497 e. The van der Waals surface area contributed by atoms with Crippen LogP contribution < -0.4 is 4.74 Å². The lowest BCUT2D eigenvalue weighted by molar-refractivity contribution is 0.414. The van der Waals surface area contributed by atoms with Crippen molar-refractivity contribution in [1.82, 2.24) is 0 Å². The molecular formula is C17H17Cl2NO. The summed E-state index contributed by atoms with van der Waals surface area (Å²) in [5.74, 6) is 1.31. The normalized spacial score (nSPS) is 16.5. The van der Waals surface area contributed by atoms with Crippen LogP contribution in [0, 0.1) is 0 Å². The zero-order chi connectivity index (χ0) is 13.9. The van der Waals surface area contributed by atoms with Gasteiger partial charge in [0.2, 0.25) is 0 Å². The highest BCUT2D eigenvalue weighted by atomic mass is 35.5. The van der Waals surface area contributed by atoms with E-state index in [-0.39, 0.29) is 18.4 Å². The molecule has 0 amide bonds. The van der Waals surface area contributed by atoms with Gasteiger partial charge in [0.15, 0.2) is 0 Å². The standard InChI is InChI=1S/C17H16ClNO.ClH/c1-20-14-7-8-15-13(9-14)10-16(19-17(15)11-18)12-5-3-2-4-6-12;/h2-9,16H,10-11H2,1H3;1H. The van der Waals surface area contributed by atoms with Crippen LogP contribution >= 0.6 is 24.0 Å². The Bertz CT molecular complexity index is 640. The number of hydrogen-bond donors (Lipinski definition) is 0. The molecule has 1 heterocycles. The topological polar surface area (TPSA) is 21.6 Å². The van der Waals surface area contributed by atoms with E-state index in [2.05, 4.69) is 24.3 Å². The van der Waals surface area contributed by atoms with Gasteiger partial charge >= 0.3 is 0 Å². The maximum atomic E-state index is 6.07. The molecular weight excluding hydrogens is 305 g/mol. The lowest BCUT2D eigenvalue weighted by Crippen LogP contribution is -2.17. The van der Waals surface area contributed by atoms with Crippen LogP contribution in [0.3, 0.4) is 0 Å². The van der Waals surface area contributed by atoms with Crippen molar-refractivity contribution in [3.8, 4) is 5.75 Å². The number of rotatable bonds is 3. The van der Waals surface area contributed by atoms with E-state index in [0.717, 1.165) is 23.4 Å². The van der Waals surface area contributed by atoms with E-state index in [1.165, 1.54) is 11.1 Å². The Morgan fingerprint density at radius 1 is 1.19 bits per heavy atom. The molecule has 2 nitrogen and oxygen atoms in total. The number of ether oxygens (including phenoxy) is 1. The highest BCUT2D eigenvalue weighted by molar-refractivity contribution is 6.32. The summed E-state index contributed by atoms with van der Waals surface area (Å²) in [6.45, 7) is 0. The van der Waals surface area contributed by atoms with Crippen LogP contribution in [-0.4, -0.2) is 18.7 Å². The van der Waals surface area contributed by atoms with Gasteiger partial charge in [-0.2, -0.15) is 0 Å². The highest BCUT2D eigenvalue weighted by Crippen LogP contribution is 2.32. The van der Waals surface area contributed by atoms with E-state index < -0.39 is 0 Å². The molecule has 0 aromatic heterocycles. The summed E-state index contributed by atoms with van der Waals surface area (Å²) in [5.41, 5.74) is 4.59. The summed E-state index contributed by atoms with van der Waals surface area (Å²) in [7, 11) is 1.69. The van der Waals surface area contributed by atoms with Crippen LogP contribution in [0.1, 0.15) is 22.7 Å². The summed E-state index contributed by atoms with van der Waals surface area (Å²) in [6, 6.07) is 16.6. The minimum Gasteiger partial charge on any atom is -0.497 e. The lowest BCUT2D eigenvalue weighted by atomic mass is 9.90. The van der Waals surface area contributed by atoms with Gasteiger partial charge in [0.25, 0.3) is 0 Å². The highest BCUT2D eigenvalue weighted by Gasteiger charge is 2.22. The minimum absolute atomic E-state index is 0. The Morgan fingerprint density at radius 2 is 1.95 bits per heavy atom. The first-order valence-electron chi connectivity index (χ1n) is 6.66. The molecule has 2 aromatic rings. The molecule has 3 rings (SSSR count). The average molecular weight is 322 g/mol. The third-order valence-electron chi connectivity index (χ3n) is 3.66. The van der Waals surface area contributed by atoms with Crippen LogP contribution in [0.2, 0.25) is 0 Å². The molecule has 0 fully saturated rings. The molecule has 2 aromatic carbocycles. The smallest absolute Gasteiger partial charge is 0.119 e. The second kappa shape index (κ2) is 6.97. The van der Waals surface area contributed by atoms with E-state index in [1.807, 2.05) is 24.3 Å². The van der Waals surface area contributed by atoms with Crippen molar-refractivity contribution in [2.24, 2.45) is 4.99 Å². The van der Waals surface area contributed by atoms with Gasteiger partial charge in [-0.3, -0.25) is 4.99 Å². The Morgan fingerprint density at radius 3 is 2.62 bits per heavy atom. The fraction of sp³-hybridized carbons (Fsp3) is 0.235. The molecule has 1 aliphatic heterocycles. The molecule has 1 unspecified atom stereocenters. The summed E-state index contributed by atoms with van der Waals surface area (Å²) in [6.07, 6.45) is 0.886. The van der Waals surface area contributed by atoms with Crippen LogP contribution in [0.5, 0.6) is 5.75 Å². The van der Waals surface area contributed by atoms with Crippen molar-refractivity contribution in [1.29, 1.82) is 0 Å². The minimum atomic E-state index is 0. The zero-order valence-corrected chi connectivity index (χ0v) is 13.3. The Balaban J connectivity index is 0.00000161. The van der Waals surface area contributed by atoms with Crippen molar-refractivity contribution in [2.45, 2.75) is 12.5 Å². The van der Waals surface area contributed by atoms with Crippen LogP contribution in [0.15, 0.2) is 53.5 Å². The van der Waals surface area contributed by atoms with E-state index in [1.54, 1.807) is 7.11 Å². The van der Waals surface area contributed by atoms with Crippen LogP contribution in [0.25, 0.3) is 0 Å². The summed E-state index contributed by atoms with van der Waals surface area (Å²) >= 11 is 6.07. The van der Waals surface area contributed by atoms with E-state index in [0.29, 0.717) is 5.88 Å². The van der Waals surface area contributed by atoms with Gasteiger partial charge in [-0.25, -0.2) is 0 Å². The molecule has 110 valence electrons. The molecule has 4 heteroatoms. The second-order valence-electron chi connectivity index (χ2n) is 4.86. The summed E-state index contributed by atoms with van der Waals surface area (Å²) < 4.78 is 5.32. The third-order valence-corrected chi connectivity index (χ3v) is 3.91. The number of hydrogen-bond acceptors (Lipinski definition) is 2. The second-order valence-corrected chi connectivity index (χ2v) is 5.13. The van der Waals surface area contributed by atoms with Gasteiger partial charge < -0.3 is 4.74 Å². The van der Waals surface area contributed by atoms with Gasteiger partial charge in [-0.05, 0) is 35.7 Å². The number of methoxy groups -OCH3 is 1. The summed E-state index contributed by atoms with van der Waals surface area (Å²) in [4.78, 5) is 4.81. The van der Waals surface area contributed by atoms with E-state index in [4.69, 9.17) is 21.3 Å². The fourth-order valence-corrected chi connectivity index (χ4v) is 2.85. The zero-order valence-electron chi connectivity index (χ0n) is 11.8. The maximum absolute atomic E-state index is 6.07. The fourth-order valence-electron chi connectivity index (χ4n) is 2.63. The molecule has 1 atom stereocenters. The number of aliphatic imine (C=N–C) groups is 1. The number of benzene rings is 2. The van der Waals surface area contributed by atoms with E-state index in [9.17, 15) is 0 Å². The first kappa shape index (κ1) is 15.9. The molecule has 21 heavy (non-hydrogen) atoms. The monoisotopic (exact) mass is 321 g/mol. The van der Waals surface area contributed by atoms with Crippen molar-refractivity contribution in [2.75, 3.05) is 13.0 Å². The number of fused-ring (bicyclic) bond motifs is 1. The SMILES string of the molecule is COc1ccc2c(c1)CC(c1ccccc1)N=C2CCl.Cl. The van der Waals surface area contributed by atoms with E-state index >= 15 is 0 Å². The number of alkyl halides is 1. The first-order valence-corrected chi connectivity index (χ1v) is 7.20. The molecule has 0 radical (unpaired) electrons. The average Bonchev–Trinajstić information content (AvgIpc) is 2.54. The Hall–Kier alpha value is -1.51. The molecule has 0 bridgehead atoms. The van der Waals surface area contributed by atoms with Crippen molar-refractivity contribution in [3.05, 3.63) is 65.2 Å². The van der Waals surface area contributed by atoms with Gasteiger partial charge in [0.1, 0.15) is 5.75 Å². The van der Waals surface area contributed by atoms with Crippen molar-refractivity contribution in [3.63, 3.8) is 0 Å². The molecule has 1 aliphatic rings. The number of halogens is 2. The first-order chi connectivity index (χ1) is 9.81. The third kappa shape index (κ3) is 3.22. The quantitative estimate of drug-likeness (QED) is 0.766. The molecule has 0 N–H and O–H groups in total. The van der Waals surface area contributed by atoms with Crippen molar-refractivity contribution < 1.29 is 4.74 Å². The molecule has 0 saturated carbocycles. The predicted octanol–water partition coefficient (Wildman–Crippen LogP) is 4.44. The molecule has 0 saturated heterocycles. The molecule has 0 spiro atoms. The summed E-state index contributed by atoms with van der Waals surface area (Å²) in [5, 5.41) is 0. The van der Waals surface area contributed by atoms with Gasteiger partial charge in [0, 0.05) is 5.56 Å². The number of nitrogens with zero attached hydrogens (tertiary/aromatic N) is 1. The Labute approximate surface area is 136 Å². The maximum Gasteiger partial charge on any atom is 0.119 e. The Kier molecular flexibility index (Phi) is 5.27. The molecule has 0 aliphatic carbocycles. The van der Waals surface area contributed by atoms with Gasteiger partial charge in [-0.15, -0.1) is 24.0 Å². The van der Waals surface area contributed by atoms with Gasteiger partial charge in [-0.1, -0.05) is 30.3 Å². The van der Waals surface area contributed by atoms with Crippen molar-refractivity contribution >= 4 is 29.7 Å².